The number of fused-ring (bicyclic) bond motifs is 1. The molecule has 5 rings (SSSR count). The average Bonchev–Trinajstić information content (AvgIpc) is 3.49. The lowest BCUT2D eigenvalue weighted by Crippen LogP contribution is -2.44. The first kappa shape index (κ1) is 20.4. The van der Waals surface area contributed by atoms with Crippen molar-refractivity contribution in [1.82, 2.24) is 34.8 Å². The number of H-pyrrole nitrogens is 1. The molecule has 11 heteroatoms. The minimum Gasteiger partial charge on any atom is -0.381 e. The summed E-state index contributed by atoms with van der Waals surface area (Å²) in [6.07, 6.45) is 10.6. The largest absolute Gasteiger partial charge is 0.381 e. The van der Waals surface area contributed by atoms with E-state index in [-0.39, 0.29) is 11.9 Å². The van der Waals surface area contributed by atoms with Crippen LogP contribution in [0, 0.1) is 0 Å². The molecule has 0 radical (unpaired) electrons. The third-order valence-corrected chi connectivity index (χ3v) is 5.98. The monoisotopic (exact) mass is 437 g/mol. The van der Waals surface area contributed by atoms with E-state index in [1.807, 2.05) is 15.8 Å². The van der Waals surface area contributed by atoms with Crippen LogP contribution in [0.2, 0.25) is 0 Å². The fourth-order valence-electron chi connectivity index (χ4n) is 4.30. The molecular formula is C21H27N9O2. The maximum Gasteiger partial charge on any atom is 0.246 e. The Morgan fingerprint density at radius 2 is 2.12 bits per heavy atom. The van der Waals surface area contributed by atoms with Gasteiger partial charge >= 0.3 is 0 Å². The lowest BCUT2D eigenvalue weighted by molar-refractivity contribution is -0.127. The molecule has 11 nitrogen and oxygen atoms in total. The van der Waals surface area contributed by atoms with Crippen LogP contribution in [0.15, 0.2) is 31.2 Å². The zero-order chi connectivity index (χ0) is 21.9. The smallest absolute Gasteiger partial charge is 0.246 e. The van der Waals surface area contributed by atoms with E-state index in [1.54, 1.807) is 12.4 Å². The van der Waals surface area contributed by atoms with Gasteiger partial charge in [0.15, 0.2) is 5.65 Å². The van der Waals surface area contributed by atoms with E-state index in [2.05, 4.69) is 37.5 Å². The molecule has 0 spiro atoms. The van der Waals surface area contributed by atoms with Crippen LogP contribution in [0.4, 0.5) is 17.5 Å². The van der Waals surface area contributed by atoms with Crippen LogP contribution in [0.3, 0.4) is 0 Å². The first-order valence-corrected chi connectivity index (χ1v) is 11.0. The highest BCUT2D eigenvalue weighted by molar-refractivity contribution is 5.88. The molecule has 3 aromatic rings. The third kappa shape index (κ3) is 4.28. The lowest BCUT2D eigenvalue weighted by Gasteiger charge is -2.32. The Labute approximate surface area is 185 Å². The number of carbonyl (C=O) groups is 1. The molecule has 0 aromatic carbocycles. The maximum atomic E-state index is 12.0. The van der Waals surface area contributed by atoms with Crippen molar-refractivity contribution in [3.8, 4) is 0 Å². The number of nitrogens with zero attached hydrogens (tertiary/aromatic N) is 6. The second kappa shape index (κ2) is 8.95. The van der Waals surface area contributed by atoms with Crippen LogP contribution < -0.4 is 10.6 Å². The highest BCUT2D eigenvalue weighted by Crippen LogP contribution is 2.26. The Kier molecular flexibility index (Phi) is 5.71. The molecule has 168 valence electrons. The molecule has 3 aromatic heterocycles. The van der Waals surface area contributed by atoms with Crippen molar-refractivity contribution in [3.05, 3.63) is 31.2 Å². The number of rotatable bonds is 6. The summed E-state index contributed by atoms with van der Waals surface area (Å²) < 4.78 is 7.42. The number of amides is 1. The van der Waals surface area contributed by atoms with Gasteiger partial charge in [-0.25, -0.2) is 0 Å². The van der Waals surface area contributed by atoms with E-state index < -0.39 is 0 Å². The van der Waals surface area contributed by atoms with Crippen molar-refractivity contribution in [3.63, 3.8) is 0 Å². The van der Waals surface area contributed by atoms with Crippen molar-refractivity contribution in [2.75, 3.05) is 36.9 Å². The van der Waals surface area contributed by atoms with Gasteiger partial charge in [-0.3, -0.25) is 14.6 Å². The normalized spacial score (nSPS) is 19.8. The number of aromatic nitrogens is 6. The van der Waals surface area contributed by atoms with Crippen molar-refractivity contribution < 1.29 is 9.53 Å². The Balaban J connectivity index is 1.34. The topological polar surface area (TPSA) is 126 Å². The molecule has 2 fully saturated rings. The molecule has 2 saturated heterocycles. The van der Waals surface area contributed by atoms with E-state index in [0.717, 1.165) is 56.5 Å². The minimum absolute atomic E-state index is 0.0449. The van der Waals surface area contributed by atoms with E-state index >= 15 is 0 Å². The highest BCUT2D eigenvalue weighted by atomic mass is 16.5. The molecule has 2 aliphatic heterocycles. The van der Waals surface area contributed by atoms with Crippen LogP contribution in [-0.4, -0.2) is 73.1 Å². The lowest BCUT2D eigenvalue weighted by atomic mass is 10.1. The molecule has 1 atom stereocenters. The fourth-order valence-corrected chi connectivity index (χ4v) is 4.30. The molecule has 2 aliphatic rings. The second-order valence-electron chi connectivity index (χ2n) is 8.18. The number of aromatic amines is 1. The first-order valence-electron chi connectivity index (χ1n) is 11.0. The van der Waals surface area contributed by atoms with Gasteiger partial charge < -0.3 is 20.3 Å². The van der Waals surface area contributed by atoms with Gasteiger partial charge in [0.2, 0.25) is 11.9 Å². The Morgan fingerprint density at radius 3 is 2.97 bits per heavy atom. The third-order valence-electron chi connectivity index (χ3n) is 5.98. The molecule has 0 bridgehead atoms. The summed E-state index contributed by atoms with van der Waals surface area (Å²) in [5.41, 5.74) is 1.46. The van der Waals surface area contributed by atoms with Gasteiger partial charge in [-0.1, -0.05) is 6.58 Å². The van der Waals surface area contributed by atoms with Crippen LogP contribution in [-0.2, 0) is 9.53 Å². The molecule has 32 heavy (non-hydrogen) atoms. The molecule has 0 saturated carbocycles. The SMILES string of the molecule is C=CC(=O)N1CCC[C@@H](Nc2nc(Nc3cnn(C4CCOCC4)c3)nc3[nH]ncc23)C1. The zero-order valence-electron chi connectivity index (χ0n) is 17.8. The van der Waals surface area contributed by atoms with E-state index in [1.165, 1.54) is 6.08 Å². The molecular weight excluding hydrogens is 410 g/mol. The molecule has 0 aliphatic carbocycles. The van der Waals surface area contributed by atoms with Crippen LogP contribution in [0.5, 0.6) is 0 Å². The standard InChI is InChI=1S/C21H27N9O2/c1-2-18(31)29-7-3-4-14(12-29)24-19-17-11-22-28-20(17)27-21(26-19)25-15-10-23-30(13-15)16-5-8-32-9-6-16/h2,10-11,13-14,16H,1,3-9,12H2,(H3,22,24,25,26,27,28)/t14-/m1/s1. The van der Waals surface area contributed by atoms with Crippen LogP contribution in [0.25, 0.3) is 11.0 Å². The predicted octanol–water partition coefficient (Wildman–Crippen LogP) is 2.23. The van der Waals surface area contributed by atoms with Gasteiger partial charge in [0, 0.05) is 38.5 Å². The Hall–Kier alpha value is -3.47. The number of nitrogens with one attached hydrogen (secondary N) is 3. The molecule has 1 amide bonds. The minimum atomic E-state index is -0.0449. The summed E-state index contributed by atoms with van der Waals surface area (Å²) >= 11 is 0. The van der Waals surface area contributed by atoms with Gasteiger partial charge in [0.25, 0.3) is 0 Å². The van der Waals surface area contributed by atoms with Crippen LogP contribution in [0.1, 0.15) is 31.7 Å². The van der Waals surface area contributed by atoms with Crippen molar-refractivity contribution >= 4 is 34.4 Å². The maximum absolute atomic E-state index is 12.0. The van der Waals surface area contributed by atoms with Gasteiger partial charge in [-0.2, -0.15) is 20.2 Å². The van der Waals surface area contributed by atoms with E-state index in [9.17, 15) is 4.79 Å². The number of carbonyl (C=O) groups excluding carboxylic acids is 1. The van der Waals surface area contributed by atoms with Crippen molar-refractivity contribution in [2.45, 2.75) is 37.8 Å². The highest BCUT2D eigenvalue weighted by Gasteiger charge is 2.24. The molecule has 0 unspecified atom stereocenters. The van der Waals surface area contributed by atoms with Gasteiger partial charge in [-0.15, -0.1) is 0 Å². The number of piperidine rings is 1. The van der Waals surface area contributed by atoms with Crippen LogP contribution >= 0.6 is 0 Å². The van der Waals surface area contributed by atoms with E-state index in [4.69, 9.17) is 9.72 Å². The Bertz CT molecular complexity index is 1100. The fraction of sp³-hybridized carbons (Fsp3) is 0.476. The molecule has 3 N–H and O–H groups in total. The van der Waals surface area contributed by atoms with Gasteiger partial charge in [0.05, 0.1) is 29.5 Å². The summed E-state index contributed by atoms with van der Waals surface area (Å²) in [6, 6.07) is 0.435. The Morgan fingerprint density at radius 1 is 1.25 bits per heavy atom. The van der Waals surface area contributed by atoms with Crippen molar-refractivity contribution in [1.29, 1.82) is 0 Å². The second-order valence-corrected chi connectivity index (χ2v) is 8.18. The number of ether oxygens (including phenoxy) is 1. The zero-order valence-corrected chi connectivity index (χ0v) is 17.8. The number of likely N-dealkylation sites (tertiary alicyclic amines) is 1. The van der Waals surface area contributed by atoms with Crippen molar-refractivity contribution in [2.24, 2.45) is 0 Å². The average molecular weight is 438 g/mol. The van der Waals surface area contributed by atoms with E-state index in [0.29, 0.717) is 30.0 Å². The summed E-state index contributed by atoms with van der Waals surface area (Å²) in [5, 5.41) is 19.1. The number of anilines is 3. The summed E-state index contributed by atoms with van der Waals surface area (Å²) in [4.78, 5) is 23.1. The van der Waals surface area contributed by atoms with Gasteiger partial charge in [0.1, 0.15) is 5.82 Å². The number of hydrogen-bond donors (Lipinski definition) is 3. The number of hydrogen-bond acceptors (Lipinski definition) is 8. The quantitative estimate of drug-likeness (QED) is 0.501. The predicted molar refractivity (Wildman–Crippen MR) is 120 cm³/mol. The first-order chi connectivity index (χ1) is 15.7. The summed E-state index contributed by atoms with van der Waals surface area (Å²) in [6.45, 7) is 6.48. The van der Waals surface area contributed by atoms with Gasteiger partial charge in [-0.05, 0) is 31.8 Å². The molecule has 5 heterocycles. The summed E-state index contributed by atoms with van der Waals surface area (Å²) in [7, 11) is 0. The summed E-state index contributed by atoms with van der Waals surface area (Å²) in [5.74, 6) is 1.09.